The van der Waals surface area contributed by atoms with Crippen LogP contribution in [-0.2, 0) is 19.1 Å². The van der Waals surface area contributed by atoms with Crippen LogP contribution in [0.2, 0.25) is 0 Å². The number of amides is 3. The second-order valence-electron chi connectivity index (χ2n) is 9.06. The molecule has 1 saturated heterocycles. The van der Waals surface area contributed by atoms with Crippen molar-refractivity contribution in [1.82, 2.24) is 25.9 Å². The lowest BCUT2D eigenvalue weighted by atomic mass is 9.90. The first-order valence-corrected chi connectivity index (χ1v) is 12.5. The SMILES string of the molecule is COc1cccc2[nH]c(C(=O)NCC(=O)NC(C[C@@H]3CCCNC3=O)C(=O)COC(=O)c3cccnc3)cc12. The number of hydrogen-bond donors (Lipinski definition) is 4. The summed E-state index contributed by atoms with van der Waals surface area (Å²) in [4.78, 5) is 69.7. The van der Waals surface area contributed by atoms with E-state index in [2.05, 4.69) is 25.9 Å². The van der Waals surface area contributed by atoms with Crippen molar-refractivity contribution >= 4 is 40.4 Å². The Morgan fingerprint density at radius 3 is 2.77 bits per heavy atom. The lowest BCUT2D eigenvalue weighted by molar-refractivity contribution is -0.132. The second kappa shape index (κ2) is 12.7. The van der Waals surface area contributed by atoms with E-state index in [0.29, 0.717) is 29.6 Å². The summed E-state index contributed by atoms with van der Waals surface area (Å²) in [5.41, 5.74) is 1.10. The number of fused-ring (bicyclic) bond motifs is 1. The third-order valence-corrected chi connectivity index (χ3v) is 6.38. The summed E-state index contributed by atoms with van der Waals surface area (Å²) < 4.78 is 10.4. The summed E-state index contributed by atoms with van der Waals surface area (Å²) in [5, 5.41) is 8.57. The lowest BCUT2D eigenvalue weighted by Gasteiger charge is -2.26. The average Bonchev–Trinajstić information content (AvgIpc) is 3.40. The summed E-state index contributed by atoms with van der Waals surface area (Å²) in [5.74, 6) is -2.57. The quantitative estimate of drug-likeness (QED) is 0.265. The molecule has 2 atom stereocenters. The predicted molar refractivity (Wildman–Crippen MR) is 139 cm³/mol. The van der Waals surface area contributed by atoms with E-state index in [0.717, 1.165) is 6.42 Å². The van der Waals surface area contributed by atoms with Crippen molar-refractivity contribution < 1.29 is 33.4 Å². The Bertz CT molecular complexity index is 1370. The molecule has 12 heteroatoms. The molecule has 3 amide bonds. The fourth-order valence-electron chi connectivity index (χ4n) is 4.35. The first-order chi connectivity index (χ1) is 18.9. The number of ether oxygens (including phenoxy) is 2. The molecule has 1 fully saturated rings. The number of hydrogen-bond acceptors (Lipinski definition) is 8. The number of carbonyl (C=O) groups excluding carboxylic acids is 5. The number of pyridine rings is 1. The van der Waals surface area contributed by atoms with Crippen molar-refractivity contribution in [2.24, 2.45) is 5.92 Å². The number of H-pyrrole nitrogens is 1. The Balaban J connectivity index is 1.37. The number of aromatic amines is 1. The number of piperidine rings is 1. The summed E-state index contributed by atoms with van der Waals surface area (Å²) in [7, 11) is 1.53. The standard InChI is InChI=1S/C27H29N5O7/c1-38-23-8-2-7-19-18(23)12-21(31-19)26(36)30-14-24(34)32-20(11-16-5-4-10-29-25(16)35)22(33)15-39-27(37)17-6-3-9-28-13-17/h2-3,6-9,12-13,16,20,31H,4-5,10-11,14-15H2,1H3,(H,29,35)(H,30,36)(H,32,34)/t16-,20?/m0/s1. The first kappa shape index (κ1) is 27.3. The fourth-order valence-corrected chi connectivity index (χ4v) is 4.35. The van der Waals surface area contributed by atoms with Crippen molar-refractivity contribution in [3.05, 3.63) is 60.0 Å². The third-order valence-electron chi connectivity index (χ3n) is 6.38. The molecule has 3 heterocycles. The zero-order chi connectivity index (χ0) is 27.8. The van der Waals surface area contributed by atoms with Gasteiger partial charge in [0.2, 0.25) is 11.8 Å². The van der Waals surface area contributed by atoms with Gasteiger partial charge < -0.3 is 30.4 Å². The van der Waals surface area contributed by atoms with Crippen molar-refractivity contribution in [1.29, 1.82) is 0 Å². The predicted octanol–water partition coefficient (Wildman–Crippen LogP) is 1.13. The van der Waals surface area contributed by atoms with Gasteiger partial charge in [0.05, 0.1) is 25.3 Å². The van der Waals surface area contributed by atoms with Gasteiger partial charge in [-0.15, -0.1) is 0 Å². The smallest absolute Gasteiger partial charge is 0.340 e. The minimum Gasteiger partial charge on any atom is -0.496 e. The normalized spacial score (nSPS) is 15.6. The molecule has 12 nitrogen and oxygen atoms in total. The molecule has 1 aliphatic heterocycles. The van der Waals surface area contributed by atoms with E-state index in [1.165, 1.54) is 25.6 Å². The molecule has 3 aromatic rings. The van der Waals surface area contributed by atoms with E-state index in [9.17, 15) is 24.0 Å². The summed E-state index contributed by atoms with van der Waals surface area (Å²) >= 11 is 0. The number of nitrogens with one attached hydrogen (secondary N) is 4. The molecule has 0 bridgehead atoms. The van der Waals surface area contributed by atoms with Crippen LogP contribution in [0.1, 0.15) is 40.1 Å². The van der Waals surface area contributed by atoms with Crippen LogP contribution in [-0.4, -0.2) is 72.3 Å². The monoisotopic (exact) mass is 535 g/mol. The van der Waals surface area contributed by atoms with Crippen LogP contribution >= 0.6 is 0 Å². The lowest BCUT2D eigenvalue weighted by Crippen LogP contribution is -2.49. The number of aromatic nitrogens is 2. The van der Waals surface area contributed by atoms with Crippen molar-refractivity contribution in [2.45, 2.75) is 25.3 Å². The van der Waals surface area contributed by atoms with Crippen LogP contribution in [0.15, 0.2) is 48.8 Å². The molecular weight excluding hydrogens is 506 g/mol. The van der Waals surface area contributed by atoms with E-state index in [1.54, 1.807) is 30.3 Å². The molecule has 0 radical (unpaired) electrons. The Kier molecular flexibility index (Phi) is 8.87. The molecule has 0 saturated carbocycles. The molecule has 4 rings (SSSR count). The zero-order valence-electron chi connectivity index (χ0n) is 21.3. The van der Waals surface area contributed by atoms with Crippen LogP contribution < -0.4 is 20.7 Å². The third kappa shape index (κ3) is 6.98. The summed E-state index contributed by atoms with van der Waals surface area (Å²) in [6.07, 6.45) is 4.14. The topological polar surface area (TPSA) is 169 Å². The molecule has 1 unspecified atom stereocenters. The number of methoxy groups -OCH3 is 1. The highest BCUT2D eigenvalue weighted by atomic mass is 16.5. The van der Waals surface area contributed by atoms with E-state index in [4.69, 9.17) is 9.47 Å². The molecule has 39 heavy (non-hydrogen) atoms. The number of carbonyl (C=O) groups is 5. The average molecular weight is 536 g/mol. The van der Waals surface area contributed by atoms with Gasteiger partial charge in [0.15, 0.2) is 12.4 Å². The van der Waals surface area contributed by atoms with Gasteiger partial charge in [0.25, 0.3) is 5.91 Å². The van der Waals surface area contributed by atoms with E-state index < -0.39 is 48.7 Å². The summed E-state index contributed by atoms with van der Waals surface area (Å²) in [6.45, 7) is -0.466. The Morgan fingerprint density at radius 2 is 2.03 bits per heavy atom. The number of benzene rings is 1. The van der Waals surface area contributed by atoms with Gasteiger partial charge in [-0.3, -0.25) is 24.2 Å². The number of esters is 1. The highest BCUT2D eigenvalue weighted by Gasteiger charge is 2.30. The van der Waals surface area contributed by atoms with Gasteiger partial charge in [0, 0.05) is 35.8 Å². The minimum atomic E-state index is -1.10. The number of Topliss-reactive ketones (excluding diaryl/α,β-unsaturated/α-hetero) is 1. The Hall–Kier alpha value is -4.74. The van der Waals surface area contributed by atoms with E-state index in [-0.39, 0.29) is 23.6 Å². The second-order valence-corrected chi connectivity index (χ2v) is 9.06. The summed E-state index contributed by atoms with van der Waals surface area (Å²) in [6, 6.07) is 8.92. The van der Waals surface area contributed by atoms with Gasteiger partial charge in [-0.25, -0.2) is 4.79 Å². The maximum Gasteiger partial charge on any atom is 0.340 e. The van der Waals surface area contributed by atoms with Crippen LogP contribution in [0.25, 0.3) is 10.9 Å². The van der Waals surface area contributed by atoms with Crippen LogP contribution in [0, 0.1) is 5.92 Å². The molecule has 0 spiro atoms. The van der Waals surface area contributed by atoms with Gasteiger partial charge in [-0.1, -0.05) is 6.07 Å². The van der Waals surface area contributed by atoms with Gasteiger partial charge in [-0.2, -0.15) is 0 Å². The number of nitrogens with zero attached hydrogens (tertiary/aromatic N) is 1. The van der Waals surface area contributed by atoms with Crippen molar-refractivity contribution in [3.8, 4) is 5.75 Å². The highest BCUT2D eigenvalue weighted by Crippen LogP contribution is 2.26. The molecular formula is C27H29N5O7. The van der Waals surface area contributed by atoms with Crippen LogP contribution in [0.5, 0.6) is 5.75 Å². The largest absolute Gasteiger partial charge is 0.496 e. The van der Waals surface area contributed by atoms with Crippen LogP contribution in [0.3, 0.4) is 0 Å². The van der Waals surface area contributed by atoms with Crippen LogP contribution in [0.4, 0.5) is 0 Å². The maximum absolute atomic E-state index is 13.0. The fraction of sp³-hybridized carbons (Fsp3) is 0.333. The molecule has 0 aliphatic carbocycles. The van der Waals surface area contributed by atoms with Crippen molar-refractivity contribution in [3.63, 3.8) is 0 Å². The number of ketones is 1. The van der Waals surface area contributed by atoms with E-state index in [1.807, 2.05) is 0 Å². The van der Waals surface area contributed by atoms with Gasteiger partial charge in [-0.05, 0) is 49.6 Å². The first-order valence-electron chi connectivity index (χ1n) is 12.5. The molecule has 4 N–H and O–H groups in total. The molecule has 1 aromatic carbocycles. The zero-order valence-corrected chi connectivity index (χ0v) is 21.3. The number of rotatable bonds is 11. The molecule has 2 aromatic heterocycles. The molecule has 1 aliphatic rings. The van der Waals surface area contributed by atoms with Gasteiger partial charge in [0.1, 0.15) is 11.4 Å². The van der Waals surface area contributed by atoms with E-state index >= 15 is 0 Å². The highest BCUT2D eigenvalue weighted by molar-refractivity contribution is 6.01. The van der Waals surface area contributed by atoms with Crippen molar-refractivity contribution in [2.75, 3.05) is 26.8 Å². The minimum absolute atomic E-state index is 0.0383. The molecule has 204 valence electrons. The Labute approximate surface area is 223 Å². The maximum atomic E-state index is 13.0. The Morgan fingerprint density at radius 1 is 1.18 bits per heavy atom. The van der Waals surface area contributed by atoms with Gasteiger partial charge >= 0.3 is 5.97 Å².